The Morgan fingerprint density at radius 3 is 2.58 bits per heavy atom. The smallest absolute Gasteiger partial charge is 0.163 e. The van der Waals surface area contributed by atoms with Crippen molar-refractivity contribution >= 4 is 33.3 Å². The molecule has 170 valence electrons. The van der Waals surface area contributed by atoms with E-state index in [2.05, 4.69) is 69.8 Å². The summed E-state index contributed by atoms with van der Waals surface area (Å²) in [7, 11) is 4.29. The summed E-state index contributed by atoms with van der Waals surface area (Å²) in [5, 5.41) is 13.0. The van der Waals surface area contributed by atoms with Crippen LogP contribution in [-0.4, -0.2) is 52.5 Å². The molecule has 5 rings (SSSR count). The van der Waals surface area contributed by atoms with Crippen LogP contribution in [0, 0.1) is 5.92 Å². The number of carbonyl (C=O) groups excluding carboxylic acids is 1. The lowest BCUT2D eigenvalue weighted by Crippen LogP contribution is -2.31. The number of carbonyl (C=O) groups is 1. The van der Waals surface area contributed by atoms with E-state index in [1.165, 1.54) is 12.8 Å². The van der Waals surface area contributed by atoms with Gasteiger partial charge < -0.3 is 10.2 Å². The molecule has 1 aliphatic carbocycles. The predicted molar refractivity (Wildman–Crippen MR) is 135 cm³/mol. The molecule has 33 heavy (non-hydrogen) atoms. The molecule has 0 atom stereocenters. The number of aromatic nitrogens is 3. The summed E-state index contributed by atoms with van der Waals surface area (Å²) in [4.78, 5) is 19.4. The first-order chi connectivity index (χ1) is 16.0. The minimum Gasteiger partial charge on any atom is -0.381 e. The van der Waals surface area contributed by atoms with Crippen LogP contribution >= 0.6 is 0 Å². The second-order valence-corrected chi connectivity index (χ2v) is 9.63. The highest BCUT2D eigenvalue weighted by Crippen LogP contribution is 2.34. The van der Waals surface area contributed by atoms with Gasteiger partial charge in [-0.2, -0.15) is 5.10 Å². The zero-order valence-electron chi connectivity index (χ0n) is 19.6. The molecule has 1 saturated carbocycles. The van der Waals surface area contributed by atoms with Crippen LogP contribution in [0.2, 0.25) is 0 Å². The fourth-order valence-electron chi connectivity index (χ4n) is 5.13. The van der Waals surface area contributed by atoms with Crippen LogP contribution in [0.25, 0.3) is 32.9 Å². The van der Waals surface area contributed by atoms with E-state index in [0.717, 1.165) is 63.9 Å². The van der Waals surface area contributed by atoms with E-state index in [4.69, 9.17) is 0 Å². The number of H-pyrrole nitrogens is 1. The number of fused-ring (bicyclic) bond motifs is 2. The second kappa shape index (κ2) is 8.94. The second-order valence-electron chi connectivity index (χ2n) is 9.63. The van der Waals surface area contributed by atoms with Gasteiger partial charge in [0.05, 0.1) is 28.5 Å². The SMILES string of the molecule is CC(=O)c1cnc2ccc(-c3ccc4[nH]ncc4c3)cc2c1NC1CCC(CN(C)C)CC1. The van der Waals surface area contributed by atoms with Gasteiger partial charge in [0.2, 0.25) is 0 Å². The van der Waals surface area contributed by atoms with Crippen molar-refractivity contribution in [1.82, 2.24) is 20.1 Å². The zero-order valence-corrected chi connectivity index (χ0v) is 19.6. The fraction of sp³-hybridized carbons (Fsp3) is 0.370. The lowest BCUT2D eigenvalue weighted by atomic mass is 9.85. The Hall–Kier alpha value is -3.25. The maximum Gasteiger partial charge on any atom is 0.163 e. The quantitative estimate of drug-likeness (QED) is 0.386. The van der Waals surface area contributed by atoms with Crippen molar-refractivity contribution in [3.05, 3.63) is 54.4 Å². The van der Waals surface area contributed by atoms with Crippen LogP contribution < -0.4 is 5.32 Å². The maximum absolute atomic E-state index is 12.5. The average molecular weight is 442 g/mol. The molecule has 2 aromatic heterocycles. The van der Waals surface area contributed by atoms with Crippen molar-refractivity contribution in [2.45, 2.75) is 38.6 Å². The highest BCUT2D eigenvalue weighted by Gasteiger charge is 2.23. The molecule has 2 aromatic carbocycles. The van der Waals surface area contributed by atoms with Crippen LogP contribution in [-0.2, 0) is 0 Å². The molecule has 1 fully saturated rings. The van der Waals surface area contributed by atoms with Crippen LogP contribution in [0.3, 0.4) is 0 Å². The highest BCUT2D eigenvalue weighted by molar-refractivity contribution is 6.08. The molecule has 0 radical (unpaired) electrons. The highest BCUT2D eigenvalue weighted by atomic mass is 16.1. The van der Waals surface area contributed by atoms with E-state index in [0.29, 0.717) is 11.6 Å². The number of nitrogens with one attached hydrogen (secondary N) is 2. The molecule has 0 amide bonds. The number of anilines is 1. The molecule has 6 nitrogen and oxygen atoms in total. The predicted octanol–water partition coefficient (Wildman–Crippen LogP) is 5.51. The molecule has 0 saturated heterocycles. The maximum atomic E-state index is 12.5. The van der Waals surface area contributed by atoms with E-state index in [9.17, 15) is 4.79 Å². The van der Waals surface area contributed by atoms with Gasteiger partial charge in [-0.25, -0.2) is 0 Å². The molecule has 2 N–H and O–H groups in total. The van der Waals surface area contributed by atoms with Crippen molar-refractivity contribution < 1.29 is 4.79 Å². The van der Waals surface area contributed by atoms with Gasteiger partial charge in [-0.15, -0.1) is 0 Å². The zero-order chi connectivity index (χ0) is 22.9. The van der Waals surface area contributed by atoms with Crippen LogP contribution in [0.4, 0.5) is 5.69 Å². The first-order valence-electron chi connectivity index (χ1n) is 11.8. The molecule has 4 aromatic rings. The summed E-state index contributed by atoms with van der Waals surface area (Å²) in [5.41, 5.74) is 5.74. The molecule has 2 heterocycles. The number of rotatable bonds is 6. The minimum atomic E-state index is 0.0402. The van der Waals surface area contributed by atoms with Gasteiger partial charge in [0.25, 0.3) is 0 Å². The van der Waals surface area contributed by atoms with Gasteiger partial charge >= 0.3 is 0 Å². The lowest BCUT2D eigenvalue weighted by Gasteiger charge is -2.32. The minimum absolute atomic E-state index is 0.0402. The van der Waals surface area contributed by atoms with Gasteiger partial charge in [-0.3, -0.25) is 14.9 Å². The number of Topliss-reactive ketones (excluding diaryl/α,β-unsaturated/α-hetero) is 1. The fourth-order valence-corrected chi connectivity index (χ4v) is 5.13. The van der Waals surface area contributed by atoms with Crippen molar-refractivity contribution in [3.63, 3.8) is 0 Å². The van der Waals surface area contributed by atoms with Crippen molar-refractivity contribution in [2.75, 3.05) is 26.0 Å². The van der Waals surface area contributed by atoms with Gasteiger partial charge in [-0.05, 0) is 88.0 Å². The molecule has 0 spiro atoms. The normalized spacial score (nSPS) is 18.8. The Morgan fingerprint density at radius 2 is 1.82 bits per heavy atom. The van der Waals surface area contributed by atoms with Crippen molar-refractivity contribution in [3.8, 4) is 11.1 Å². The Morgan fingerprint density at radius 1 is 1.06 bits per heavy atom. The third-order valence-corrected chi connectivity index (χ3v) is 6.84. The van der Waals surface area contributed by atoms with E-state index in [1.807, 2.05) is 12.3 Å². The standard InChI is InChI=1S/C27H31N5O/c1-17(33)24-15-28-26-11-7-20(19-6-10-25-21(12-19)14-29-31-25)13-23(26)27(24)30-22-8-4-18(5-9-22)16-32(2)3/h6-7,10-15,18,22H,4-5,8-9,16H2,1-3H3,(H,28,30)(H,29,31). The molecular formula is C27H31N5O. The topological polar surface area (TPSA) is 73.9 Å². The average Bonchev–Trinajstić information content (AvgIpc) is 3.27. The van der Waals surface area contributed by atoms with Crippen LogP contribution in [0.15, 0.2) is 48.8 Å². The Labute approximate surface area is 194 Å². The third kappa shape index (κ3) is 4.48. The van der Waals surface area contributed by atoms with Gasteiger partial charge in [0, 0.05) is 29.6 Å². The third-order valence-electron chi connectivity index (χ3n) is 6.84. The number of benzene rings is 2. The summed E-state index contributed by atoms with van der Waals surface area (Å²) in [6.45, 7) is 2.77. The van der Waals surface area contributed by atoms with Gasteiger partial charge in [-0.1, -0.05) is 12.1 Å². The van der Waals surface area contributed by atoms with Crippen molar-refractivity contribution in [2.24, 2.45) is 5.92 Å². The Bertz CT molecular complexity index is 1300. The number of pyridine rings is 1. The van der Waals surface area contributed by atoms with Crippen LogP contribution in [0.1, 0.15) is 43.0 Å². The summed E-state index contributed by atoms with van der Waals surface area (Å²) in [6.07, 6.45) is 8.23. The lowest BCUT2D eigenvalue weighted by molar-refractivity contribution is 0.101. The summed E-state index contributed by atoms with van der Waals surface area (Å²) < 4.78 is 0. The Kier molecular flexibility index (Phi) is 5.85. The molecule has 0 aliphatic heterocycles. The van der Waals surface area contributed by atoms with E-state index in [-0.39, 0.29) is 5.78 Å². The molecule has 0 bridgehead atoms. The van der Waals surface area contributed by atoms with Crippen molar-refractivity contribution in [1.29, 1.82) is 0 Å². The van der Waals surface area contributed by atoms with Crippen LogP contribution in [0.5, 0.6) is 0 Å². The first-order valence-corrected chi connectivity index (χ1v) is 11.8. The molecule has 6 heteroatoms. The summed E-state index contributed by atoms with van der Waals surface area (Å²) >= 11 is 0. The summed E-state index contributed by atoms with van der Waals surface area (Å²) in [6, 6.07) is 13.0. The number of nitrogens with zero attached hydrogens (tertiary/aromatic N) is 3. The largest absolute Gasteiger partial charge is 0.381 e. The monoisotopic (exact) mass is 441 g/mol. The van der Waals surface area contributed by atoms with Gasteiger partial charge in [0.15, 0.2) is 5.78 Å². The van der Waals surface area contributed by atoms with E-state index in [1.54, 1.807) is 13.1 Å². The number of aromatic amines is 1. The van der Waals surface area contributed by atoms with Gasteiger partial charge in [0.1, 0.15) is 0 Å². The number of hydrogen-bond acceptors (Lipinski definition) is 5. The first kappa shape index (κ1) is 21.6. The molecular weight excluding hydrogens is 410 g/mol. The number of ketones is 1. The molecule has 0 unspecified atom stereocenters. The van der Waals surface area contributed by atoms with E-state index >= 15 is 0 Å². The summed E-state index contributed by atoms with van der Waals surface area (Å²) in [5.74, 6) is 0.794. The molecule has 1 aliphatic rings. The number of hydrogen-bond donors (Lipinski definition) is 2. The van der Waals surface area contributed by atoms with E-state index < -0.39 is 0 Å². The Balaban J connectivity index is 1.50.